The first kappa shape index (κ1) is 23.5. The smallest absolute Gasteiger partial charge is 0.306 e. The minimum atomic E-state index is -2.52. The van der Waals surface area contributed by atoms with E-state index in [-0.39, 0.29) is 18.0 Å². The van der Waals surface area contributed by atoms with E-state index in [0.29, 0.717) is 18.9 Å². The Hall–Kier alpha value is -2.19. The van der Waals surface area contributed by atoms with Crippen LogP contribution in [0.5, 0.6) is 0 Å². The first-order valence-corrected chi connectivity index (χ1v) is 14.3. The number of rotatable bonds is 5. The van der Waals surface area contributed by atoms with Crippen LogP contribution in [0.25, 0.3) is 0 Å². The average Bonchev–Trinajstić information content (AvgIpc) is 3.33. The molecule has 0 saturated carbocycles. The molecule has 0 saturated heterocycles. The van der Waals surface area contributed by atoms with Gasteiger partial charge in [0.15, 0.2) is 0 Å². The predicted octanol–water partition coefficient (Wildman–Crippen LogP) is 4.13. The molecule has 0 unspecified atom stereocenters. The topological polar surface area (TPSA) is 80.7 Å². The van der Waals surface area contributed by atoms with Crippen LogP contribution in [-0.2, 0) is 18.7 Å². The first-order valence-electron chi connectivity index (χ1n) is 10.4. The van der Waals surface area contributed by atoms with Crippen molar-refractivity contribution in [3.63, 3.8) is 0 Å². The van der Waals surface area contributed by atoms with Gasteiger partial charge in [0, 0.05) is 28.6 Å². The zero-order valence-electron chi connectivity index (χ0n) is 17.5. The lowest BCUT2D eigenvalue weighted by atomic mass is 10.3. The normalized spacial score (nSPS) is 28.7. The molecule has 4 rings (SSSR count). The second-order valence-electron chi connectivity index (χ2n) is 7.54. The summed E-state index contributed by atoms with van der Waals surface area (Å²) >= 11 is 0. The van der Waals surface area contributed by atoms with E-state index >= 15 is 0 Å². The molecule has 0 bridgehead atoms. The Morgan fingerprint density at radius 1 is 1.00 bits per heavy atom. The fourth-order valence-corrected chi connectivity index (χ4v) is 8.90. The lowest BCUT2D eigenvalue weighted by molar-refractivity contribution is -0.142. The van der Waals surface area contributed by atoms with Crippen LogP contribution >= 0.6 is 14.3 Å². The minimum absolute atomic E-state index is 0.205. The molecular formula is C24H28O5P2. The Bertz CT molecular complexity index is 1030. The van der Waals surface area contributed by atoms with Gasteiger partial charge in [-0.25, -0.2) is 0 Å². The van der Waals surface area contributed by atoms with Gasteiger partial charge in [0.25, 0.3) is 0 Å². The number of aliphatic hydroxyl groups is 1. The SMILES string of the molecule is CCOC(=O)C[C@H]1C=CC[P@]1(=O)c1ccccc1.O=[P@]1(c2ccccc2)C=C[C@H](O)C1. The van der Waals surface area contributed by atoms with E-state index in [1.165, 1.54) is 0 Å². The molecule has 164 valence electrons. The van der Waals surface area contributed by atoms with Crippen LogP contribution in [0.4, 0.5) is 0 Å². The van der Waals surface area contributed by atoms with Crippen molar-refractivity contribution >= 4 is 30.9 Å². The molecule has 0 amide bonds. The summed E-state index contributed by atoms with van der Waals surface area (Å²) in [6, 6.07) is 18.8. The van der Waals surface area contributed by atoms with Gasteiger partial charge in [-0.05, 0) is 12.7 Å². The number of esters is 1. The highest BCUT2D eigenvalue weighted by molar-refractivity contribution is 7.74. The van der Waals surface area contributed by atoms with Crippen molar-refractivity contribution in [1.82, 2.24) is 0 Å². The summed E-state index contributed by atoms with van der Waals surface area (Å²) in [5.41, 5.74) is -0.209. The van der Waals surface area contributed by atoms with Gasteiger partial charge in [0.05, 0.1) is 19.1 Å². The number of hydrogen-bond donors (Lipinski definition) is 1. The van der Waals surface area contributed by atoms with E-state index in [9.17, 15) is 19.0 Å². The molecule has 2 aliphatic heterocycles. The van der Waals surface area contributed by atoms with Crippen molar-refractivity contribution in [2.24, 2.45) is 0 Å². The summed E-state index contributed by atoms with van der Waals surface area (Å²) in [6.45, 7) is 2.14. The second-order valence-corrected chi connectivity index (χ2v) is 13.4. The van der Waals surface area contributed by atoms with Gasteiger partial charge in [-0.15, -0.1) is 0 Å². The Labute approximate surface area is 183 Å². The monoisotopic (exact) mass is 458 g/mol. The lowest BCUT2D eigenvalue weighted by Gasteiger charge is -2.20. The largest absolute Gasteiger partial charge is 0.466 e. The molecule has 5 nitrogen and oxygen atoms in total. The molecule has 2 aliphatic rings. The quantitative estimate of drug-likeness (QED) is 0.414. The third-order valence-electron chi connectivity index (χ3n) is 5.35. The van der Waals surface area contributed by atoms with Gasteiger partial charge < -0.3 is 19.0 Å². The number of carbonyl (C=O) groups excluding carboxylic acids is 1. The van der Waals surface area contributed by atoms with Crippen molar-refractivity contribution in [2.45, 2.75) is 25.1 Å². The number of benzene rings is 2. The van der Waals surface area contributed by atoms with Crippen LogP contribution in [0.3, 0.4) is 0 Å². The highest BCUT2D eigenvalue weighted by Gasteiger charge is 2.37. The molecule has 0 fully saturated rings. The third-order valence-corrected chi connectivity index (χ3v) is 11.4. The number of ether oxygens (including phenoxy) is 1. The van der Waals surface area contributed by atoms with Crippen LogP contribution < -0.4 is 10.6 Å². The molecular weight excluding hydrogens is 430 g/mol. The van der Waals surface area contributed by atoms with Crippen LogP contribution in [0.1, 0.15) is 13.3 Å². The first-order chi connectivity index (χ1) is 14.9. The summed E-state index contributed by atoms with van der Waals surface area (Å²) in [4.78, 5) is 11.5. The summed E-state index contributed by atoms with van der Waals surface area (Å²) in [7, 11) is -4.93. The maximum Gasteiger partial charge on any atom is 0.306 e. The van der Waals surface area contributed by atoms with Crippen molar-refractivity contribution in [3.8, 4) is 0 Å². The van der Waals surface area contributed by atoms with Crippen LogP contribution in [0.2, 0.25) is 0 Å². The molecule has 0 aromatic heterocycles. The van der Waals surface area contributed by atoms with Crippen molar-refractivity contribution in [2.75, 3.05) is 18.9 Å². The Balaban J connectivity index is 0.000000185. The predicted molar refractivity (Wildman–Crippen MR) is 126 cm³/mol. The van der Waals surface area contributed by atoms with Gasteiger partial charge >= 0.3 is 5.97 Å². The maximum atomic E-state index is 13.0. The number of allylic oxidation sites excluding steroid dienone is 2. The fraction of sp³-hybridized carbons (Fsp3) is 0.292. The van der Waals surface area contributed by atoms with E-state index in [1.807, 2.05) is 72.8 Å². The van der Waals surface area contributed by atoms with Gasteiger partial charge in [-0.1, -0.05) is 78.9 Å². The van der Waals surface area contributed by atoms with E-state index in [0.717, 1.165) is 10.6 Å². The summed E-state index contributed by atoms with van der Waals surface area (Å²) in [5.74, 6) is 1.39. The van der Waals surface area contributed by atoms with Gasteiger partial charge in [0.1, 0.15) is 14.3 Å². The molecule has 0 spiro atoms. The summed E-state index contributed by atoms with van der Waals surface area (Å²) in [5, 5.41) is 11.0. The summed E-state index contributed by atoms with van der Waals surface area (Å²) in [6.07, 6.45) is 6.00. The highest BCUT2D eigenvalue weighted by atomic mass is 31.2. The van der Waals surface area contributed by atoms with Crippen molar-refractivity contribution in [3.05, 3.63) is 84.7 Å². The Morgan fingerprint density at radius 3 is 2.16 bits per heavy atom. The maximum absolute atomic E-state index is 13.0. The minimum Gasteiger partial charge on any atom is -0.466 e. The zero-order valence-corrected chi connectivity index (χ0v) is 19.3. The molecule has 7 heteroatoms. The fourth-order valence-electron chi connectivity index (χ4n) is 3.74. The highest BCUT2D eigenvalue weighted by Crippen LogP contribution is 2.55. The van der Waals surface area contributed by atoms with Crippen LogP contribution in [0, 0.1) is 0 Å². The Kier molecular flexibility index (Phi) is 7.89. The van der Waals surface area contributed by atoms with E-state index in [2.05, 4.69) is 0 Å². The van der Waals surface area contributed by atoms with E-state index < -0.39 is 20.4 Å². The van der Waals surface area contributed by atoms with Gasteiger partial charge in [-0.3, -0.25) is 4.79 Å². The lowest BCUT2D eigenvalue weighted by Crippen LogP contribution is -2.19. The Morgan fingerprint density at radius 2 is 1.61 bits per heavy atom. The summed E-state index contributed by atoms with van der Waals surface area (Å²) < 4.78 is 30.1. The van der Waals surface area contributed by atoms with Crippen LogP contribution in [0.15, 0.2) is 84.7 Å². The average molecular weight is 458 g/mol. The zero-order chi connectivity index (χ0) is 22.3. The molecule has 0 aliphatic carbocycles. The van der Waals surface area contributed by atoms with Crippen LogP contribution in [-0.4, -0.2) is 41.8 Å². The van der Waals surface area contributed by atoms with Crippen molar-refractivity contribution in [1.29, 1.82) is 0 Å². The molecule has 0 radical (unpaired) electrons. The number of hydrogen-bond acceptors (Lipinski definition) is 5. The molecule has 2 aromatic carbocycles. The van der Waals surface area contributed by atoms with E-state index in [1.54, 1.807) is 18.8 Å². The van der Waals surface area contributed by atoms with Gasteiger partial charge in [-0.2, -0.15) is 0 Å². The molecule has 1 N–H and O–H groups in total. The molecule has 2 heterocycles. The third kappa shape index (κ3) is 5.74. The number of aliphatic hydroxyl groups excluding tert-OH is 1. The molecule has 4 atom stereocenters. The number of carbonyl (C=O) groups is 1. The molecule has 2 aromatic rings. The van der Waals surface area contributed by atoms with Crippen molar-refractivity contribution < 1.29 is 23.8 Å². The van der Waals surface area contributed by atoms with Gasteiger partial charge in [0.2, 0.25) is 0 Å². The van der Waals surface area contributed by atoms with E-state index in [4.69, 9.17) is 4.74 Å². The standard InChI is InChI=1S/C14H17O3P.C10H11O2P/c1-2-17-14(15)11-13-9-6-10-18(13,16)12-7-4-3-5-8-12;11-9-6-7-13(12,8-9)10-4-2-1-3-5-10/h3-9,13H,2,10-11H2,1H3;1-7,9,11H,8H2/t13-,18+;9-,13+/m10/s1. The molecule has 31 heavy (non-hydrogen) atoms. The second kappa shape index (κ2) is 10.4.